The number of amides is 2. The third-order valence-electron chi connectivity index (χ3n) is 3.18. The molecule has 2 amide bonds. The Hall–Kier alpha value is -1.33. The van der Waals surface area contributed by atoms with Gasteiger partial charge < -0.3 is 15.3 Å². The number of hydrogen-bond acceptors (Lipinski definition) is 3. The van der Waals surface area contributed by atoms with Gasteiger partial charge in [-0.15, -0.1) is 0 Å². The fraction of sp³-hybridized carbons (Fsp3) is 0.500. The summed E-state index contributed by atoms with van der Waals surface area (Å²) in [5.41, 5.74) is 0.605. The van der Waals surface area contributed by atoms with E-state index in [1.54, 1.807) is 17.0 Å². The Morgan fingerprint density at radius 2 is 2.44 bits per heavy atom. The maximum Gasteiger partial charge on any atom is 0.321 e. The number of aromatic nitrogens is 1. The molecular formula is C12H16ClN3O2. The number of aliphatic hydroxyl groups is 1. The van der Waals surface area contributed by atoms with Gasteiger partial charge in [-0.25, -0.2) is 9.78 Å². The van der Waals surface area contributed by atoms with Crippen molar-refractivity contribution in [3.63, 3.8) is 0 Å². The number of rotatable bonds is 1. The summed E-state index contributed by atoms with van der Waals surface area (Å²) in [6.45, 7) is 3.01. The summed E-state index contributed by atoms with van der Waals surface area (Å²) < 4.78 is 0. The first-order valence-corrected chi connectivity index (χ1v) is 6.29. The molecule has 2 rings (SSSR count). The van der Waals surface area contributed by atoms with Gasteiger partial charge in [-0.05, 0) is 24.5 Å². The highest BCUT2D eigenvalue weighted by molar-refractivity contribution is 6.29. The van der Waals surface area contributed by atoms with Crippen molar-refractivity contribution in [1.29, 1.82) is 0 Å². The van der Waals surface area contributed by atoms with E-state index in [0.29, 0.717) is 23.9 Å². The van der Waals surface area contributed by atoms with E-state index in [0.717, 1.165) is 6.42 Å². The second-order valence-electron chi connectivity index (χ2n) is 4.58. The van der Waals surface area contributed by atoms with Gasteiger partial charge in [0.05, 0.1) is 6.10 Å². The van der Waals surface area contributed by atoms with E-state index < -0.39 is 6.10 Å². The van der Waals surface area contributed by atoms with Crippen molar-refractivity contribution in [3.8, 4) is 0 Å². The number of urea groups is 1. The molecule has 2 unspecified atom stereocenters. The summed E-state index contributed by atoms with van der Waals surface area (Å²) in [7, 11) is 0. The monoisotopic (exact) mass is 269 g/mol. The van der Waals surface area contributed by atoms with Crippen molar-refractivity contribution in [2.24, 2.45) is 5.92 Å². The molecule has 5 nitrogen and oxygen atoms in total. The molecule has 0 bridgehead atoms. The van der Waals surface area contributed by atoms with Gasteiger partial charge in [0.2, 0.25) is 0 Å². The van der Waals surface area contributed by atoms with Crippen molar-refractivity contribution < 1.29 is 9.90 Å². The highest BCUT2D eigenvalue weighted by atomic mass is 35.5. The van der Waals surface area contributed by atoms with Crippen LogP contribution in [0.3, 0.4) is 0 Å². The number of hydrogen-bond donors (Lipinski definition) is 2. The number of halogens is 1. The van der Waals surface area contributed by atoms with Crippen LogP contribution in [0.2, 0.25) is 5.15 Å². The van der Waals surface area contributed by atoms with Gasteiger partial charge in [-0.2, -0.15) is 0 Å². The summed E-state index contributed by atoms with van der Waals surface area (Å²) in [5.74, 6) is 0.240. The van der Waals surface area contributed by atoms with Crippen molar-refractivity contribution in [2.45, 2.75) is 19.4 Å². The minimum absolute atomic E-state index is 0.219. The van der Waals surface area contributed by atoms with Gasteiger partial charge in [-0.1, -0.05) is 18.5 Å². The second-order valence-corrected chi connectivity index (χ2v) is 4.96. The number of β-amino-alcohol motifs (C(OH)–C–C–N with tert-alkyl or cyclic N) is 1. The summed E-state index contributed by atoms with van der Waals surface area (Å²) in [4.78, 5) is 17.4. The molecule has 0 aromatic carbocycles. The van der Waals surface area contributed by atoms with E-state index in [-0.39, 0.29) is 11.9 Å². The number of pyridine rings is 1. The standard InChI is InChI=1S/C12H16ClN3O2/c1-8-3-5-16(7-10(8)17)12(18)15-9-2-4-14-11(13)6-9/h2,4,6,8,10,17H,3,5,7H2,1H3,(H,14,15,18). The lowest BCUT2D eigenvalue weighted by molar-refractivity contribution is 0.0464. The zero-order valence-corrected chi connectivity index (χ0v) is 10.9. The Kier molecular flexibility index (Phi) is 4.04. The molecule has 1 aliphatic rings. The van der Waals surface area contributed by atoms with Crippen LogP contribution in [0.5, 0.6) is 0 Å². The zero-order chi connectivity index (χ0) is 13.1. The van der Waals surface area contributed by atoms with Gasteiger partial charge in [0, 0.05) is 25.0 Å². The number of likely N-dealkylation sites (tertiary alicyclic amines) is 1. The van der Waals surface area contributed by atoms with Crippen molar-refractivity contribution in [3.05, 3.63) is 23.5 Å². The maximum absolute atomic E-state index is 12.0. The Labute approximate surface area is 111 Å². The molecule has 2 N–H and O–H groups in total. The third kappa shape index (κ3) is 3.11. The van der Waals surface area contributed by atoms with E-state index in [1.165, 1.54) is 6.20 Å². The van der Waals surface area contributed by atoms with Crippen LogP contribution in [0.1, 0.15) is 13.3 Å². The lowest BCUT2D eigenvalue weighted by Gasteiger charge is -2.34. The van der Waals surface area contributed by atoms with Gasteiger partial charge in [-0.3, -0.25) is 0 Å². The SMILES string of the molecule is CC1CCN(C(=O)Nc2ccnc(Cl)c2)CC1O. The number of piperidine rings is 1. The van der Waals surface area contributed by atoms with Crippen LogP contribution in [0.25, 0.3) is 0 Å². The average molecular weight is 270 g/mol. The number of carbonyl (C=O) groups is 1. The molecule has 1 saturated heterocycles. The third-order valence-corrected chi connectivity index (χ3v) is 3.39. The van der Waals surface area contributed by atoms with Gasteiger partial charge in [0.15, 0.2) is 0 Å². The molecule has 2 heterocycles. The van der Waals surface area contributed by atoms with Crippen LogP contribution in [0.15, 0.2) is 18.3 Å². The average Bonchev–Trinajstić information content (AvgIpc) is 2.32. The molecule has 1 aromatic rings. The van der Waals surface area contributed by atoms with Gasteiger partial charge in [0.1, 0.15) is 5.15 Å². The molecular weight excluding hydrogens is 254 g/mol. The molecule has 0 saturated carbocycles. The maximum atomic E-state index is 12.0. The molecule has 18 heavy (non-hydrogen) atoms. The van der Waals surface area contributed by atoms with Crippen LogP contribution >= 0.6 is 11.6 Å². The molecule has 1 aliphatic heterocycles. The minimum atomic E-state index is -0.453. The zero-order valence-electron chi connectivity index (χ0n) is 10.1. The Morgan fingerprint density at radius 3 is 3.11 bits per heavy atom. The van der Waals surface area contributed by atoms with Crippen LogP contribution < -0.4 is 5.32 Å². The number of nitrogens with one attached hydrogen (secondary N) is 1. The first kappa shape index (κ1) is 13.1. The molecule has 1 aromatic heterocycles. The minimum Gasteiger partial charge on any atom is -0.391 e. The smallest absolute Gasteiger partial charge is 0.321 e. The number of aliphatic hydroxyl groups excluding tert-OH is 1. The molecule has 0 spiro atoms. The largest absolute Gasteiger partial charge is 0.391 e. The van der Waals surface area contributed by atoms with Crippen molar-refractivity contribution in [1.82, 2.24) is 9.88 Å². The Morgan fingerprint density at radius 1 is 1.67 bits per heavy atom. The molecule has 2 atom stereocenters. The number of anilines is 1. The highest BCUT2D eigenvalue weighted by Gasteiger charge is 2.27. The summed E-state index contributed by atoms with van der Waals surface area (Å²) in [6.07, 6.45) is 1.89. The topological polar surface area (TPSA) is 65.5 Å². The number of nitrogens with zero attached hydrogens (tertiary/aromatic N) is 2. The fourth-order valence-corrected chi connectivity index (χ4v) is 2.09. The normalized spacial score (nSPS) is 23.8. The fourth-order valence-electron chi connectivity index (χ4n) is 1.92. The molecule has 0 radical (unpaired) electrons. The quantitative estimate of drug-likeness (QED) is 0.766. The highest BCUT2D eigenvalue weighted by Crippen LogP contribution is 2.18. The van der Waals surface area contributed by atoms with Crippen LogP contribution in [-0.4, -0.2) is 40.2 Å². The molecule has 1 fully saturated rings. The molecule has 98 valence electrons. The number of carbonyl (C=O) groups excluding carboxylic acids is 1. The first-order valence-electron chi connectivity index (χ1n) is 5.92. The van der Waals surface area contributed by atoms with Crippen LogP contribution in [0.4, 0.5) is 10.5 Å². The van der Waals surface area contributed by atoms with Gasteiger partial charge in [0.25, 0.3) is 0 Å². The lowest BCUT2D eigenvalue weighted by Crippen LogP contribution is -2.47. The van der Waals surface area contributed by atoms with Crippen LogP contribution in [-0.2, 0) is 0 Å². The predicted octanol–water partition coefficient (Wildman–Crippen LogP) is 1.97. The Bertz CT molecular complexity index is 441. The van der Waals surface area contributed by atoms with E-state index >= 15 is 0 Å². The summed E-state index contributed by atoms with van der Waals surface area (Å²) in [5, 5.41) is 12.8. The summed E-state index contributed by atoms with van der Waals surface area (Å²) in [6, 6.07) is 3.04. The molecule has 0 aliphatic carbocycles. The van der Waals surface area contributed by atoms with Gasteiger partial charge >= 0.3 is 6.03 Å². The van der Waals surface area contributed by atoms with E-state index in [2.05, 4.69) is 10.3 Å². The van der Waals surface area contributed by atoms with E-state index in [1.807, 2.05) is 6.92 Å². The summed E-state index contributed by atoms with van der Waals surface area (Å²) >= 11 is 5.74. The predicted molar refractivity (Wildman–Crippen MR) is 69.6 cm³/mol. The molecule has 6 heteroatoms. The van der Waals surface area contributed by atoms with Crippen molar-refractivity contribution in [2.75, 3.05) is 18.4 Å². The Balaban J connectivity index is 1.96. The van der Waals surface area contributed by atoms with Crippen LogP contribution in [0, 0.1) is 5.92 Å². The first-order chi connectivity index (χ1) is 8.56. The van der Waals surface area contributed by atoms with Crippen molar-refractivity contribution >= 4 is 23.3 Å². The second kappa shape index (κ2) is 5.54. The lowest BCUT2D eigenvalue weighted by atomic mass is 9.96. The van der Waals surface area contributed by atoms with E-state index in [9.17, 15) is 9.90 Å². The van der Waals surface area contributed by atoms with E-state index in [4.69, 9.17) is 11.6 Å².